The Morgan fingerprint density at radius 3 is 2.92 bits per heavy atom. The van der Waals surface area contributed by atoms with Gasteiger partial charge in [0.05, 0.1) is 5.69 Å². The molecule has 13 heavy (non-hydrogen) atoms. The van der Waals surface area contributed by atoms with Gasteiger partial charge in [-0.3, -0.25) is 9.97 Å². The van der Waals surface area contributed by atoms with E-state index in [4.69, 9.17) is 5.73 Å². The van der Waals surface area contributed by atoms with Gasteiger partial charge in [-0.15, -0.1) is 0 Å². The van der Waals surface area contributed by atoms with Crippen LogP contribution in [-0.2, 0) is 0 Å². The number of aromatic nitrogens is 2. The summed E-state index contributed by atoms with van der Waals surface area (Å²) in [6.07, 6.45) is 10.2. The third-order valence-corrected chi connectivity index (χ3v) is 2.55. The number of nitrogens with two attached hydrogens (primary N) is 1. The molecule has 3 nitrogen and oxygen atoms in total. The van der Waals surface area contributed by atoms with Gasteiger partial charge < -0.3 is 5.73 Å². The van der Waals surface area contributed by atoms with Gasteiger partial charge in [0.25, 0.3) is 0 Å². The molecule has 0 aromatic carbocycles. The Labute approximate surface area is 78.4 Å². The molecular weight excluding hydrogens is 162 g/mol. The van der Waals surface area contributed by atoms with Crippen LogP contribution in [-0.4, -0.2) is 9.97 Å². The van der Waals surface area contributed by atoms with Crippen LogP contribution < -0.4 is 5.73 Å². The molecule has 0 saturated heterocycles. The first-order valence-corrected chi connectivity index (χ1v) is 4.88. The van der Waals surface area contributed by atoms with Gasteiger partial charge in [-0.05, 0) is 18.8 Å². The van der Waals surface area contributed by atoms with Crippen LogP contribution in [0.2, 0.25) is 0 Å². The first-order chi connectivity index (χ1) is 6.36. The Balaban J connectivity index is 1.85. The van der Waals surface area contributed by atoms with Crippen molar-refractivity contribution in [3.8, 4) is 0 Å². The van der Waals surface area contributed by atoms with E-state index in [9.17, 15) is 0 Å². The monoisotopic (exact) mass is 177 g/mol. The lowest BCUT2D eigenvalue weighted by atomic mass is 10.1. The van der Waals surface area contributed by atoms with E-state index in [1.54, 1.807) is 18.6 Å². The van der Waals surface area contributed by atoms with Crippen LogP contribution in [0.1, 0.15) is 37.4 Å². The zero-order chi connectivity index (χ0) is 9.10. The van der Waals surface area contributed by atoms with Gasteiger partial charge in [-0.1, -0.05) is 12.8 Å². The molecule has 0 spiro atoms. The van der Waals surface area contributed by atoms with E-state index < -0.39 is 0 Å². The second-order valence-electron chi connectivity index (χ2n) is 3.76. The van der Waals surface area contributed by atoms with Crippen molar-refractivity contribution in [3.63, 3.8) is 0 Å². The molecule has 0 radical (unpaired) electrons. The molecule has 2 N–H and O–H groups in total. The zero-order valence-electron chi connectivity index (χ0n) is 7.69. The van der Waals surface area contributed by atoms with Crippen LogP contribution in [0.4, 0.5) is 0 Å². The Morgan fingerprint density at radius 2 is 2.31 bits per heavy atom. The highest BCUT2D eigenvalue weighted by atomic mass is 14.8. The molecule has 1 aliphatic rings. The van der Waals surface area contributed by atoms with E-state index in [0.717, 1.165) is 18.0 Å². The van der Waals surface area contributed by atoms with Crippen LogP contribution in [0.25, 0.3) is 0 Å². The van der Waals surface area contributed by atoms with Gasteiger partial charge in [-0.2, -0.15) is 0 Å². The Morgan fingerprint density at radius 1 is 1.46 bits per heavy atom. The minimum Gasteiger partial charge on any atom is -0.323 e. The lowest BCUT2D eigenvalue weighted by molar-refractivity contribution is 0.563. The largest absolute Gasteiger partial charge is 0.323 e. The second kappa shape index (κ2) is 3.83. The predicted molar refractivity (Wildman–Crippen MR) is 50.9 cm³/mol. The van der Waals surface area contributed by atoms with E-state index in [1.807, 2.05) is 0 Å². The maximum Gasteiger partial charge on any atom is 0.0753 e. The van der Waals surface area contributed by atoms with Crippen molar-refractivity contribution in [1.29, 1.82) is 0 Å². The summed E-state index contributed by atoms with van der Waals surface area (Å²) < 4.78 is 0. The summed E-state index contributed by atoms with van der Waals surface area (Å²) >= 11 is 0. The first-order valence-electron chi connectivity index (χ1n) is 4.88. The summed E-state index contributed by atoms with van der Waals surface area (Å²) in [6, 6.07) is 0.0781. The van der Waals surface area contributed by atoms with Gasteiger partial charge in [0.15, 0.2) is 0 Å². The molecular formula is C10H15N3. The average Bonchev–Trinajstić information content (AvgIpc) is 2.99. The van der Waals surface area contributed by atoms with Crippen LogP contribution >= 0.6 is 0 Å². The van der Waals surface area contributed by atoms with Gasteiger partial charge >= 0.3 is 0 Å². The minimum absolute atomic E-state index is 0.0781. The van der Waals surface area contributed by atoms with Crippen molar-refractivity contribution in [2.24, 2.45) is 11.7 Å². The normalized spacial score (nSPS) is 18.5. The fourth-order valence-electron chi connectivity index (χ4n) is 1.47. The molecule has 2 rings (SSSR count). The molecule has 1 fully saturated rings. The molecule has 0 amide bonds. The maximum absolute atomic E-state index is 5.97. The van der Waals surface area contributed by atoms with Crippen LogP contribution in [0.5, 0.6) is 0 Å². The number of nitrogens with zero attached hydrogens (tertiary/aromatic N) is 2. The lowest BCUT2D eigenvalue weighted by Crippen LogP contribution is -2.12. The predicted octanol–water partition coefficient (Wildman–Crippen LogP) is 1.67. The quantitative estimate of drug-likeness (QED) is 0.761. The smallest absolute Gasteiger partial charge is 0.0753 e. The second-order valence-corrected chi connectivity index (χ2v) is 3.76. The fourth-order valence-corrected chi connectivity index (χ4v) is 1.47. The molecule has 1 saturated carbocycles. The molecule has 1 unspecified atom stereocenters. The standard InChI is InChI=1S/C10H15N3/c11-9(4-3-8-1-2-8)10-7-12-5-6-13-10/h5-9H,1-4,11H2. The molecule has 1 heterocycles. The highest BCUT2D eigenvalue weighted by Crippen LogP contribution is 2.35. The fraction of sp³-hybridized carbons (Fsp3) is 0.600. The molecule has 1 aromatic rings. The Hall–Kier alpha value is -0.960. The zero-order valence-corrected chi connectivity index (χ0v) is 7.69. The molecule has 1 atom stereocenters. The van der Waals surface area contributed by atoms with E-state index in [2.05, 4.69) is 9.97 Å². The van der Waals surface area contributed by atoms with Crippen LogP contribution in [0.15, 0.2) is 18.6 Å². The minimum atomic E-state index is 0.0781. The van der Waals surface area contributed by atoms with Gasteiger partial charge in [0.2, 0.25) is 0 Å². The summed E-state index contributed by atoms with van der Waals surface area (Å²) in [7, 11) is 0. The van der Waals surface area contributed by atoms with E-state index in [1.165, 1.54) is 19.3 Å². The van der Waals surface area contributed by atoms with Gasteiger partial charge in [0, 0.05) is 24.6 Å². The third kappa shape index (κ3) is 2.49. The van der Waals surface area contributed by atoms with Crippen molar-refractivity contribution in [3.05, 3.63) is 24.3 Å². The average molecular weight is 177 g/mol. The van der Waals surface area contributed by atoms with Crippen LogP contribution in [0.3, 0.4) is 0 Å². The van der Waals surface area contributed by atoms with Crippen LogP contribution in [0, 0.1) is 5.92 Å². The summed E-state index contributed by atoms with van der Waals surface area (Å²) in [5.74, 6) is 0.947. The number of hydrogen-bond acceptors (Lipinski definition) is 3. The maximum atomic E-state index is 5.97. The van der Waals surface area contributed by atoms with E-state index in [-0.39, 0.29) is 6.04 Å². The Kier molecular flexibility index (Phi) is 2.54. The van der Waals surface area contributed by atoms with E-state index in [0.29, 0.717) is 0 Å². The summed E-state index contributed by atoms with van der Waals surface area (Å²) in [5, 5.41) is 0. The lowest BCUT2D eigenvalue weighted by Gasteiger charge is -2.08. The molecule has 0 aliphatic heterocycles. The van der Waals surface area contributed by atoms with Crippen molar-refractivity contribution in [2.75, 3.05) is 0 Å². The SMILES string of the molecule is NC(CCC1CC1)c1cnccn1. The molecule has 1 aromatic heterocycles. The van der Waals surface area contributed by atoms with Gasteiger partial charge in [-0.25, -0.2) is 0 Å². The highest BCUT2D eigenvalue weighted by molar-refractivity contribution is 5.01. The third-order valence-electron chi connectivity index (χ3n) is 2.55. The molecule has 3 heteroatoms. The topological polar surface area (TPSA) is 51.8 Å². The highest BCUT2D eigenvalue weighted by Gasteiger charge is 2.22. The number of rotatable bonds is 4. The summed E-state index contributed by atoms with van der Waals surface area (Å²) in [4.78, 5) is 8.20. The summed E-state index contributed by atoms with van der Waals surface area (Å²) in [6.45, 7) is 0. The van der Waals surface area contributed by atoms with E-state index >= 15 is 0 Å². The molecule has 1 aliphatic carbocycles. The Bertz CT molecular complexity index is 256. The van der Waals surface area contributed by atoms with Crippen molar-refractivity contribution < 1.29 is 0 Å². The van der Waals surface area contributed by atoms with Crippen molar-refractivity contribution in [1.82, 2.24) is 9.97 Å². The first kappa shape index (κ1) is 8.63. The summed E-state index contributed by atoms with van der Waals surface area (Å²) in [5.41, 5.74) is 6.89. The number of hydrogen-bond donors (Lipinski definition) is 1. The molecule has 0 bridgehead atoms. The molecule has 70 valence electrons. The van der Waals surface area contributed by atoms with Crippen molar-refractivity contribution >= 4 is 0 Å². The van der Waals surface area contributed by atoms with Crippen molar-refractivity contribution in [2.45, 2.75) is 31.7 Å². The van der Waals surface area contributed by atoms with Gasteiger partial charge in [0.1, 0.15) is 0 Å².